The van der Waals surface area contributed by atoms with Crippen molar-refractivity contribution in [1.29, 1.82) is 0 Å². The summed E-state index contributed by atoms with van der Waals surface area (Å²) in [5.41, 5.74) is 2.82. The van der Waals surface area contributed by atoms with Crippen LogP contribution in [-0.2, 0) is 0 Å². The standard InChI is InChI=1S/C17H14ClN7/c1-11-7-14(18)4-5-15(11)25-17(22-12(2)23-25)13-3-6-16(19-8-13)24-9-20-21-10-24/h3-10H,1-2H3. The van der Waals surface area contributed by atoms with Crippen molar-refractivity contribution in [3.8, 4) is 22.9 Å². The molecule has 0 bridgehead atoms. The van der Waals surface area contributed by atoms with Crippen molar-refractivity contribution in [1.82, 2.24) is 34.5 Å². The molecule has 0 amide bonds. The molecule has 0 saturated heterocycles. The van der Waals surface area contributed by atoms with Crippen LogP contribution in [0.5, 0.6) is 0 Å². The summed E-state index contributed by atoms with van der Waals surface area (Å²) in [6, 6.07) is 9.53. The van der Waals surface area contributed by atoms with Gasteiger partial charge in [0.25, 0.3) is 0 Å². The van der Waals surface area contributed by atoms with Crippen molar-refractivity contribution in [2.75, 3.05) is 0 Å². The molecule has 0 aliphatic rings. The Balaban J connectivity index is 1.79. The molecule has 0 aliphatic carbocycles. The van der Waals surface area contributed by atoms with Crippen molar-refractivity contribution >= 4 is 11.6 Å². The fraction of sp³-hybridized carbons (Fsp3) is 0.118. The van der Waals surface area contributed by atoms with Crippen LogP contribution in [0.1, 0.15) is 11.4 Å². The molecule has 0 unspecified atom stereocenters. The van der Waals surface area contributed by atoms with Crippen LogP contribution >= 0.6 is 11.6 Å². The Morgan fingerprint density at radius 2 is 1.80 bits per heavy atom. The Bertz CT molecular complexity index is 1020. The second-order valence-corrected chi connectivity index (χ2v) is 6.04. The molecule has 7 nitrogen and oxygen atoms in total. The third-order valence-corrected chi connectivity index (χ3v) is 4.02. The topological polar surface area (TPSA) is 74.3 Å². The van der Waals surface area contributed by atoms with Gasteiger partial charge in [0.05, 0.1) is 5.69 Å². The highest BCUT2D eigenvalue weighted by molar-refractivity contribution is 6.30. The molecule has 0 radical (unpaired) electrons. The Hall–Kier alpha value is -3.06. The van der Waals surface area contributed by atoms with Crippen LogP contribution in [0.3, 0.4) is 0 Å². The molecule has 0 spiro atoms. The first kappa shape index (κ1) is 15.5. The molecule has 4 aromatic rings. The van der Waals surface area contributed by atoms with E-state index in [0.717, 1.165) is 28.5 Å². The van der Waals surface area contributed by atoms with Gasteiger partial charge in [-0.25, -0.2) is 14.6 Å². The molecule has 0 N–H and O–H groups in total. The Morgan fingerprint density at radius 1 is 1.00 bits per heavy atom. The molecule has 1 aromatic carbocycles. The molecular formula is C17H14ClN7. The van der Waals surface area contributed by atoms with Gasteiger partial charge in [-0.05, 0) is 49.7 Å². The van der Waals surface area contributed by atoms with Crippen molar-refractivity contribution in [2.45, 2.75) is 13.8 Å². The van der Waals surface area contributed by atoms with Gasteiger partial charge in [0.2, 0.25) is 0 Å². The number of hydrogen-bond donors (Lipinski definition) is 0. The average Bonchev–Trinajstić information content (AvgIpc) is 3.25. The fourth-order valence-corrected chi connectivity index (χ4v) is 2.84. The Morgan fingerprint density at radius 3 is 2.48 bits per heavy atom. The van der Waals surface area contributed by atoms with Crippen LogP contribution in [0.15, 0.2) is 49.2 Å². The molecular weight excluding hydrogens is 338 g/mol. The highest BCUT2D eigenvalue weighted by Gasteiger charge is 2.14. The Labute approximate surface area is 149 Å². The lowest BCUT2D eigenvalue weighted by Gasteiger charge is -2.09. The van der Waals surface area contributed by atoms with Crippen molar-refractivity contribution in [3.63, 3.8) is 0 Å². The second kappa shape index (κ2) is 6.10. The van der Waals surface area contributed by atoms with E-state index in [9.17, 15) is 0 Å². The molecule has 0 fully saturated rings. The van der Waals surface area contributed by atoms with E-state index in [0.29, 0.717) is 10.8 Å². The van der Waals surface area contributed by atoms with Gasteiger partial charge in [-0.1, -0.05) is 11.6 Å². The van der Waals surface area contributed by atoms with Gasteiger partial charge >= 0.3 is 0 Å². The number of aromatic nitrogens is 7. The summed E-state index contributed by atoms with van der Waals surface area (Å²) in [6.45, 7) is 3.86. The summed E-state index contributed by atoms with van der Waals surface area (Å²) < 4.78 is 3.56. The van der Waals surface area contributed by atoms with E-state index >= 15 is 0 Å². The minimum Gasteiger partial charge on any atom is -0.272 e. The van der Waals surface area contributed by atoms with Gasteiger partial charge in [-0.15, -0.1) is 10.2 Å². The van der Waals surface area contributed by atoms with E-state index in [-0.39, 0.29) is 0 Å². The van der Waals surface area contributed by atoms with Gasteiger partial charge < -0.3 is 0 Å². The highest BCUT2D eigenvalue weighted by Crippen LogP contribution is 2.25. The second-order valence-electron chi connectivity index (χ2n) is 5.60. The first-order valence-corrected chi connectivity index (χ1v) is 8.01. The number of pyridine rings is 1. The van der Waals surface area contributed by atoms with Crippen LogP contribution < -0.4 is 0 Å². The van der Waals surface area contributed by atoms with E-state index in [1.807, 2.05) is 48.9 Å². The SMILES string of the molecule is Cc1nc(-c2ccc(-n3cnnc3)nc2)n(-c2ccc(Cl)cc2C)n1. The molecule has 3 aromatic heterocycles. The van der Waals surface area contributed by atoms with Crippen LogP contribution in [-0.4, -0.2) is 34.5 Å². The lowest BCUT2D eigenvalue weighted by Crippen LogP contribution is -2.03. The summed E-state index contributed by atoms with van der Waals surface area (Å²) in [6.07, 6.45) is 4.97. The van der Waals surface area contributed by atoms with E-state index in [4.69, 9.17) is 11.6 Å². The lowest BCUT2D eigenvalue weighted by molar-refractivity contribution is 0.861. The number of nitrogens with zero attached hydrogens (tertiary/aromatic N) is 7. The third-order valence-electron chi connectivity index (χ3n) is 3.79. The predicted molar refractivity (Wildman–Crippen MR) is 94.0 cm³/mol. The first-order valence-electron chi connectivity index (χ1n) is 7.63. The minimum atomic E-state index is 0.687. The van der Waals surface area contributed by atoms with Gasteiger partial charge in [0.1, 0.15) is 24.3 Å². The molecule has 0 atom stereocenters. The molecule has 8 heteroatoms. The summed E-state index contributed by atoms with van der Waals surface area (Å²) in [5, 5.41) is 12.8. The molecule has 25 heavy (non-hydrogen) atoms. The highest BCUT2D eigenvalue weighted by atomic mass is 35.5. The molecule has 0 aliphatic heterocycles. The summed E-state index contributed by atoms with van der Waals surface area (Å²) in [7, 11) is 0. The van der Waals surface area contributed by atoms with Crippen LogP contribution in [0.2, 0.25) is 5.02 Å². The van der Waals surface area contributed by atoms with Crippen molar-refractivity contribution < 1.29 is 0 Å². The molecule has 3 heterocycles. The van der Waals surface area contributed by atoms with Gasteiger partial charge in [0.15, 0.2) is 5.82 Å². The van der Waals surface area contributed by atoms with Crippen molar-refractivity contribution in [3.05, 3.63) is 65.6 Å². The zero-order valence-electron chi connectivity index (χ0n) is 13.6. The maximum Gasteiger partial charge on any atom is 0.165 e. The normalized spacial score (nSPS) is 11.0. The predicted octanol–water partition coefficient (Wildman–Crippen LogP) is 3.18. The van der Waals surface area contributed by atoms with E-state index in [1.165, 1.54) is 0 Å². The quantitative estimate of drug-likeness (QED) is 0.566. The summed E-state index contributed by atoms with van der Waals surface area (Å²) in [4.78, 5) is 9.02. The van der Waals surface area contributed by atoms with Gasteiger partial charge in [0, 0.05) is 16.8 Å². The minimum absolute atomic E-state index is 0.687. The molecule has 4 rings (SSSR count). The summed E-state index contributed by atoms with van der Waals surface area (Å²) in [5.74, 6) is 2.15. The van der Waals surface area contributed by atoms with E-state index in [1.54, 1.807) is 23.4 Å². The number of benzene rings is 1. The first-order chi connectivity index (χ1) is 12.1. The lowest BCUT2D eigenvalue weighted by atomic mass is 10.2. The number of rotatable bonds is 3. The van der Waals surface area contributed by atoms with Gasteiger partial charge in [-0.3, -0.25) is 4.57 Å². The van der Waals surface area contributed by atoms with Crippen molar-refractivity contribution in [2.24, 2.45) is 0 Å². The fourth-order valence-electron chi connectivity index (χ4n) is 2.62. The third kappa shape index (κ3) is 2.89. The number of aryl methyl sites for hydroxylation is 2. The van der Waals surface area contributed by atoms with Crippen LogP contribution in [0.25, 0.3) is 22.9 Å². The maximum absolute atomic E-state index is 6.06. The van der Waals surface area contributed by atoms with E-state index < -0.39 is 0 Å². The smallest absolute Gasteiger partial charge is 0.165 e. The zero-order chi connectivity index (χ0) is 17.4. The molecule has 124 valence electrons. The average molecular weight is 352 g/mol. The number of halogens is 1. The summed E-state index contributed by atoms with van der Waals surface area (Å²) >= 11 is 6.06. The Kier molecular flexibility index (Phi) is 3.77. The zero-order valence-corrected chi connectivity index (χ0v) is 14.4. The van der Waals surface area contributed by atoms with Crippen LogP contribution in [0.4, 0.5) is 0 Å². The van der Waals surface area contributed by atoms with E-state index in [2.05, 4.69) is 25.3 Å². The van der Waals surface area contributed by atoms with Crippen LogP contribution in [0, 0.1) is 13.8 Å². The number of hydrogen-bond acceptors (Lipinski definition) is 5. The van der Waals surface area contributed by atoms with Gasteiger partial charge in [-0.2, -0.15) is 5.10 Å². The maximum atomic E-state index is 6.06. The monoisotopic (exact) mass is 351 g/mol. The molecule has 0 saturated carbocycles. The largest absolute Gasteiger partial charge is 0.272 e.